The van der Waals surface area contributed by atoms with Crippen molar-refractivity contribution in [2.45, 2.75) is 80.9 Å². The monoisotopic (exact) mass is 636 g/mol. The van der Waals surface area contributed by atoms with Crippen LogP contribution in [0.3, 0.4) is 0 Å². The minimum atomic E-state index is -2.83. The topological polar surface area (TPSA) is 189 Å². The zero-order valence-electron chi connectivity index (χ0n) is 23.9. The molecule has 3 aliphatic rings. The molecule has 1 spiro atoms. The Bertz CT molecular complexity index is 1370. The molecule has 5 rings (SSSR count). The maximum Gasteiger partial charge on any atom is 0.264 e. The summed E-state index contributed by atoms with van der Waals surface area (Å²) in [6.45, 7) is 5.54. The van der Waals surface area contributed by atoms with E-state index in [4.69, 9.17) is 21.1 Å². The lowest BCUT2D eigenvalue weighted by Gasteiger charge is -2.37. The largest absolute Gasteiger partial charge is 0.432 e. The van der Waals surface area contributed by atoms with Gasteiger partial charge in [0.05, 0.1) is 18.3 Å². The number of ether oxygens (including phenoxy) is 2. The number of amides is 2. The summed E-state index contributed by atoms with van der Waals surface area (Å²) in [5.41, 5.74) is 0.602. The molecule has 2 aromatic carbocycles. The van der Waals surface area contributed by atoms with Crippen molar-refractivity contribution in [3.63, 3.8) is 0 Å². The second-order valence-corrected chi connectivity index (χ2v) is 16.4. The van der Waals surface area contributed by atoms with E-state index in [1.54, 1.807) is 47.4 Å². The highest BCUT2D eigenvalue weighted by atomic mass is 35.5. The van der Waals surface area contributed by atoms with Crippen molar-refractivity contribution < 1.29 is 49.4 Å². The Morgan fingerprint density at radius 3 is 2.37 bits per heavy atom. The third kappa shape index (κ3) is 5.52. The Morgan fingerprint density at radius 2 is 1.74 bits per heavy atom. The molecule has 2 fully saturated rings. The van der Waals surface area contributed by atoms with Crippen LogP contribution in [0.4, 0.5) is 11.4 Å². The molecule has 12 nitrogen and oxygen atoms in total. The van der Waals surface area contributed by atoms with Crippen LogP contribution in [0.2, 0.25) is 23.7 Å². The Hall–Kier alpha value is -2.43. The summed E-state index contributed by atoms with van der Waals surface area (Å²) in [5.74, 6) is -1.51. The number of carbonyl (C=O) groups is 2. The van der Waals surface area contributed by atoms with Gasteiger partial charge in [-0.1, -0.05) is 30.7 Å². The van der Waals surface area contributed by atoms with E-state index in [0.29, 0.717) is 22.0 Å². The standard InChI is InChI=1S/C29H37ClN2O10Si/c1-14-25(43(2,3)40)20(10-11-33)42-29(14)18-12-16(30)6-9-19(18)32(28(29)39)13-15-4-7-17(8-5-15)31-26(37)24-22(35)21(34)23(36)27(38)41-24/h4-9,12,14,20-25,27,33-36,38,40H,10-11,13H2,1-3H3,(H,31,37)/t14-,20+,21+,22+,23-,24+,25-,27-,29+/m1/s1. The molecule has 14 heteroatoms. The van der Waals surface area contributed by atoms with Crippen molar-refractivity contribution in [1.29, 1.82) is 0 Å². The van der Waals surface area contributed by atoms with Gasteiger partial charge in [0.2, 0.25) is 0 Å². The number of benzene rings is 2. The summed E-state index contributed by atoms with van der Waals surface area (Å²) in [6.07, 6.45) is -8.97. The summed E-state index contributed by atoms with van der Waals surface area (Å²) in [6, 6.07) is 11.8. The number of nitrogens with one attached hydrogen (secondary N) is 1. The van der Waals surface area contributed by atoms with Crippen LogP contribution in [0.25, 0.3) is 0 Å². The third-order valence-corrected chi connectivity index (χ3v) is 11.5. The minimum Gasteiger partial charge on any atom is -0.432 e. The Kier molecular flexibility index (Phi) is 8.79. The number of nitrogens with zero attached hydrogens (tertiary/aromatic N) is 1. The van der Waals surface area contributed by atoms with E-state index in [-0.39, 0.29) is 31.0 Å². The normalized spacial score (nSPS) is 34.1. The van der Waals surface area contributed by atoms with Crippen LogP contribution < -0.4 is 10.2 Å². The quantitative estimate of drug-likeness (QED) is 0.214. The van der Waals surface area contributed by atoms with Gasteiger partial charge >= 0.3 is 0 Å². The lowest BCUT2D eigenvalue weighted by Crippen LogP contribution is -2.60. The van der Waals surface area contributed by atoms with Gasteiger partial charge in [-0.2, -0.15) is 0 Å². The van der Waals surface area contributed by atoms with E-state index >= 15 is 0 Å². The fourth-order valence-corrected chi connectivity index (χ4v) is 9.55. The third-order valence-electron chi connectivity index (χ3n) is 8.77. The van der Waals surface area contributed by atoms with Gasteiger partial charge in [0.1, 0.15) is 18.3 Å². The van der Waals surface area contributed by atoms with Crippen molar-refractivity contribution in [2.75, 3.05) is 16.8 Å². The van der Waals surface area contributed by atoms with Crippen LogP contribution in [-0.4, -0.2) is 93.9 Å². The Morgan fingerprint density at radius 1 is 1.07 bits per heavy atom. The van der Waals surface area contributed by atoms with Crippen molar-refractivity contribution >= 4 is 43.1 Å². The molecule has 0 bridgehead atoms. The molecule has 7 N–H and O–H groups in total. The number of halogens is 1. The van der Waals surface area contributed by atoms with Crippen LogP contribution >= 0.6 is 11.6 Å². The summed E-state index contributed by atoms with van der Waals surface area (Å²) >= 11 is 6.39. The molecule has 2 saturated heterocycles. The van der Waals surface area contributed by atoms with Crippen LogP contribution in [0.15, 0.2) is 42.5 Å². The van der Waals surface area contributed by atoms with E-state index < -0.39 is 62.6 Å². The molecule has 3 heterocycles. The maximum atomic E-state index is 14.3. The van der Waals surface area contributed by atoms with Gasteiger partial charge in [-0.05, 0) is 55.4 Å². The molecular weight excluding hydrogens is 600 g/mol. The molecule has 0 radical (unpaired) electrons. The maximum absolute atomic E-state index is 14.3. The van der Waals surface area contributed by atoms with Crippen LogP contribution in [0.1, 0.15) is 24.5 Å². The molecule has 2 aromatic rings. The molecule has 0 saturated carbocycles. The van der Waals surface area contributed by atoms with E-state index in [1.165, 1.54) is 0 Å². The fourth-order valence-electron chi connectivity index (χ4n) is 6.77. The van der Waals surface area contributed by atoms with Crippen molar-refractivity contribution in [1.82, 2.24) is 0 Å². The number of rotatable bonds is 7. The van der Waals surface area contributed by atoms with Crippen molar-refractivity contribution in [2.24, 2.45) is 5.92 Å². The summed E-state index contributed by atoms with van der Waals surface area (Å²) in [7, 11) is -2.83. The predicted octanol–water partition coefficient (Wildman–Crippen LogP) is 0.805. The van der Waals surface area contributed by atoms with Gasteiger partial charge in [-0.15, -0.1) is 0 Å². The van der Waals surface area contributed by atoms with Gasteiger partial charge in [-0.25, -0.2) is 0 Å². The Labute approximate surface area is 254 Å². The van der Waals surface area contributed by atoms with Gasteiger partial charge in [-0.3, -0.25) is 9.59 Å². The molecular formula is C29H37ClN2O10Si. The zero-order valence-corrected chi connectivity index (χ0v) is 25.7. The summed E-state index contributed by atoms with van der Waals surface area (Å²) in [4.78, 5) is 39.8. The second-order valence-electron chi connectivity index (χ2n) is 12.0. The molecule has 0 unspecified atom stereocenters. The molecule has 2 amide bonds. The number of hydrogen-bond donors (Lipinski definition) is 7. The number of carbonyl (C=O) groups excluding carboxylic acids is 2. The molecule has 3 aliphatic heterocycles. The summed E-state index contributed by atoms with van der Waals surface area (Å²) in [5, 5.41) is 52.1. The number of hydrogen-bond acceptors (Lipinski definition) is 10. The highest BCUT2D eigenvalue weighted by molar-refractivity contribution is 6.71. The van der Waals surface area contributed by atoms with E-state index in [9.17, 15) is 39.9 Å². The first-order valence-electron chi connectivity index (χ1n) is 14.1. The molecule has 0 aliphatic carbocycles. The Balaban J connectivity index is 1.38. The highest BCUT2D eigenvalue weighted by Crippen LogP contribution is 2.60. The number of anilines is 2. The second kappa shape index (κ2) is 11.8. The smallest absolute Gasteiger partial charge is 0.264 e. The number of fused-ring (bicyclic) bond motifs is 2. The number of aliphatic hydroxyl groups excluding tert-OH is 5. The van der Waals surface area contributed by atoms with Gasteiger partial charge in [0.15, 0.2) is 26.3 Å². The van der Waals surface area contributed by atoms with Gasteiger partial charge in [0, 0.05) is 34.3 Å². The molecule has 9 atom stereocenters. The first kappa shape index (κ1) is 32.0. The highest BCUT2D eigenvalue weighted by Gasteiger charge is 2.66. The van der Waals surface area contributed by atoms with Crippen LogP contribution in [-0.2, 0) is 31.2 Å². The van der Waals surface area contributed by atoms with Crippen LogP contribution in [0, 0.1) is 5.92 Å². The van der Waals surface area contributed by atoms with Gasteiger partial charge < -0.3 is 50.0 Å². The molecule has 43 heavy (non-hydrogen) atoms. The molecule has 234 valence electrons. The zero-order chi connectivity index (χ0) is 31.4. The van der Waals surface area contributed by atoms with Gasteiger partial charge in [0.25, 0.3) is 11.8 Å². The number of aliphatic hydroxyl groups is 5. The van der Waals surface area contributed by atoms with E-state index in [1.807, 2.05) is 20.0 Å². The average molecular weight is 637 g/mol. The minimum absolute atomic E-state index is 0.146. The lowest BCUT2D eigenvalue weighted by atomic mass is 9.82. The first-order valence-corrected chi connectivity index (χ1v) is 17.5. The van der Waals surface area contributed by atoms with E-state index in [2.05, 4.69) is 5.32 Å². The van der Waals surface area contributed by atoms with Crippen molar-refractivity contribution in [3.8, 4) is 0 Å². The summed E-state index contributed by atoms with van der Waals surface area (Å²) < 4.78 is 11.5. The average Bonchev–Trinajstić information content (AvgIpc) is 3.37. The van der Waals surface area contributed by atoms with Crippen molar-refractivity contribution in [3.05, 3.63) is 58.6 Å². The van der Waals surface area contributed by atoms with Crippen LogP contribution in [0.5, 0.6) is 0 Å². The predicted molar refractivity (Wildman–Crippen MR) is 157 cm³/mol. The van der Waals surface area contributed by atoms with E-state index in [0.717, 1.165) is 5.56 Å². The SMILES string of the molecule is C[C@@H]1[C@@H]([Si](C)(C)O)[C@H](CCO)O[C@@]12C(=O)N(Cc1ccc(NC(=O)[C@H]3O[C@@H](O)[C@H](O)[C@@H](O)[C@@H]3O)cc1)c1ccc(Cl)cc12. The fraction of sp³-hybridized carbons (Fsp3) is 0.517. The lowest BCUT2D eigenvalue weighted by molar-refractivity contribution is -0.274. The first-order chi connectivity index (χ1) is 20.2. The molecule has 0 aromatic heterocycles.